The topological polar surface area (TPSA) is 164 Å². The number of aryl methyl sites for hydroxylation is 1. The predicted molar refractivity (Wildman–Crippen MR) is 80.8 cm³/mol. The first kappa shape index (κ1) is 15.8. The van der Waals surface area contributed by atoms with E-state index in [4.69, 9.17) is 4.74 Å². The molecule has 3 aromatic heterocycles. The number of nitrogens with zero attached hydrogens (tertiary/aromatic N) is 6. The Morgan fingerprint density at radius 1 is 1.36 bits per heavy atom. The predicted octanol–water partition coefficient (Wildman–Crippen LogP) is -2.38. The van der Waals surface area contributed by atoms with Crippen molar-refractivity contribution in [2.24, 2.45) is 0 Å². The minimum atomic E-state index is -1.31. The highest BCUT2D eigenvalue weighted by atomic mass is 16.6. The maximum Gasteiger partial charge on any atom is 0.280 e. The molecule has 0 aromatic carbocycles. The lowest BCUT2D eigenvalue weighted by molar-refractivity contribution is -0.0511. The zero-order valence-corrected chi connectivity index (χ0v) is 13.0. The summed E-state index contributed by atoms with van der Waals surface area (Å²) in [6.07, 6.45) is -1.71. The van der Waals surface area contributed by atoms with Gasteiger partial charge in [-0.05, 0) is 6.92 Å². The molecule has 132 valence electrons. The monoisotopic (exact) mass is 349 g/mol. The van der Waals surface area contributed by atoms with E-state index in [1.165, 1.54) is 15.6 Å². The molecule has 4 N–H and O–H groups in total. The van der Waals surface area contributed by atoms with Gasteiger partial charge in [0.15, 0.2) is 17.4 Å². The van der Waals surface area contributed by atoms with E-state index in [0.29, 0.717) is 5.69 Å². The third kappa shape index (κ3) is 2.42. The Labute approximate surface area is 139 Å². The maximum absolute atomic E-state index is 12.2. The minimum absolute atomic E-state index is 0.0401. The van der Waals surface area contributed by atoms with Crippen LogP contribution in [0.5, 0.6) is 0 Å². The first-order valence-corrected chi connectivity index (χ1v) is 7.48. The van der Waals surface area contributed by atoms with Crippen LogP contribution in [-0.4, -0.2) is 74.8 Å². The number of fused-ring (bicyclic) bond motifs is 1. The van der Waals surface area contributed by atoms with Gasteiger partial charge in [0, 0.05) is 0 Å². The molecule has 0 radical (unpaired) electrons. The summed E-state index contributed by atoms with van der Waals surface area (Å²) < 4.78 is 8.09. The first-order chi connectivity index (χ1) is 12.0. The molecule has 25 heavy (non-hydrogen) atoms. The largest absolute Gasteiger partial charge is 0.394 e. The number of aliphatic hydroxyl groups excluding tert-OH is 3. The van der Waals surface area contributed by atoms with E-state index in [1.807, 2.05) is 0 Å². The molecule has 0 amide bonds. The van der Waals surface area contributed by atoms with Crippen LogP contribution in [0.3, 0.4) is 0 Å². The first-order valence-electron chi connectivity index (χ1n) is 7.48. The molecule has 3 aromatic rings. The van der Waals surface area contributed by atoms with Gasteiger partial charge in [-0.1, -0.05) is 5.21 Å². The zero-order valence-electron chi connectivity index (χ0n) is 13.0. The van der Waals surface area contributed by atoms with Crippen molar-refractivity contribution >= 4 is 11.2 Å². The molecule has 4 rings (SSSR count). The molecule has 1 aliphatic heterocycles. The fourth-order valence-electron chi connectivity index (χ4n) is 2.77. The van der Waals surface area contributed by atoms with Gasteiger partial charge in [-0.15, -0.1) is 5.10 Å². The van der Waals surface area contributed by atoms with Crippen LogP contribution in [0.15, 0.2) is 17.3 Å². The Balaban J connectivity index is 1.83. The van der Waals surface area contributed by atoms with Crippen LogP contribution in [0.2, 0.25) is 0 Å². The standard InChI is InChI=1S/C13H15N7O5/c1-5-2-20(18-17-5)13-15-10-7(11(24)16-13)14-4-19(10)12-9(23)8(22)6(3-21)25-12/h2,4,6,8-9,12,21-23H,3H2,1H3,(H,15,16,24)/t6-,8?,9+,12-/m1/s1. The maximum atomic E-state index is 12.2. The second-order valence-corrected chi connectivity index (χ2v) is 5.75. The summed E-state index contributed by atoms with van der Waals surface area (Å²) in [6.45, 7) is 1.28. The van der Waals surface area contributed by atoms with Crippen molar-refractivity contribution in [1.29, 1.82) is 0 Å². The lowest BCUT2D eigenvalue weighted by Gasteiger charge is -2.16. The van der Waals surface area contributed by atoms with Gasteiger partial charge in [0.25, 0.3) is 5.56 Å². The zero-order chi connectivity index (χ0) is 17.7. The Kier molecular flexibility index (Phi) is 3.61. The normalized spacial score (nSPS) is 26.6. The molecule has 4 atom stereocenters. The number of hydrogen-bond acceptors (Lipinski definition) is 9. The van der Waals surface area contributed by atoms with Crippen molar-refractivity contribution in [3.8, 4) is 5.95 Å². The van der Waals surface area contributed by atoms with Crippen molar-refractivity contribution in [3.05, 3.63) is 28.6 Å². The van der Waals surface area contributed by atoms with Crippen molar-refractivity contribution in [3.63, 3.8) is 0 Å². The number of aromatic amines is 1. The summed E-state index contributed by atoms with van der Waals surface area (Å²) in [7, 11) is 0. The van der Waals surface area contributed by atoms with E-state index in [1.54, 1.807) is 13.1 Å². The van der Waals surface area contributed by atoms with Crippen molar-refractivity contribution in [2.75, 3.05) is 6.61 Å². The second kappa shape index (κ2) is 5.70. The number of rotatable bonds is 3. The van der Waals surface area contributed by atoms with E-state index in [-0.39, 0.29) is 17.1 Å². The third-order valence-electron chi connectivity index (χ3n) is 4.04. The van der Waals surface area contributed by atoms with Crippen molar-refractivity contribution < 1.29 is 20.1 Å². The number of hydrogen-bond donors (Lipinski definition) is 4. The molecule has 1 fully saturated rings. The van der Waals surface area contributed by atoms with Gasteiger partial charge in [0.1, 0.15) is 18.3 Å². The van der Waals surface area contributed by atoms with Crippen molar-refractivity contribution in [1.82, 2.24) is 34.5 Å². The molecule has 0 aliphatic carbocycles. The Morgan fingerprint density at radius 2 is 2.16 bits per heavy atom. The average molecular weight is 349 g/mol. The van der Waals surface area contributed by atoms with Gasteiger partial charge in [0.05, 0.1) is 24.8 Å². The summed E-state index contributed by atoms with van der Waals surface area (Å²) in [5.74, 6) is 0.117. The summed E-state index contributed by atoms with van der Waals surface area (Å²) >= 11 is 0. The van der Waals surface area contributed by atoms with Crippen LogP contribution >= 0.6 is 0 Å². The van der Waals surface area contributed by atoms with Gasteiger partial charge in [-0.3, -0.25) is 14.3 Å². The fraction of sp³-hybridized carbons (Fsp3) is 0.462. The molecular formula is C13H15N7O5. The van der Waals surface area contributed by atoms with Gasteiger partial charge in [-0.2, -0.15) is 9.67 Å². The Morgan fingerprint density at radius 3 is 2.80 bits per heavy atom. The Hall–Kier alpha value is -2.67. The SMILES string of the molecule is Cc1cn(-c2nc3c(ncn3[C@@H]3O[C@H](CO)C(O)[C@@H]3O)c(=O)[nH]2)nn1. The van der Waals surface area contributed by atoms with Crippen LogP contribution in [-0.2, 0) is 4.74 Å². The van der Waals surface area contributed by atoms with Gasteiger partial charge < -0.3 is 20.1 Å². The molecule has 1 unspecified atom stereocenters. The van der Waals surface area contributed by atoms with E-state index < -0.39 is 36.7 Å². The smallest absolute Gasteiger partial charge is 0.280 e. The summed E-state index contributed by atoms with van der Waals surface area (Å²) in [4.78, 5) is 23.1. The molecule has 0 spiro atoms. The van der Waals surface area contributed by atoms with Crippen LogP contribution in [0.4, 0.5) is 0 Å². The van der Waals surface area contributed by atoms with E-state index >= 15 is 0 Å². The second-order valence-electron chi connectivity index (χ2n) is 5.75. The third-order valence-corrected chi connectivity index (χ3v) is 4.04. The quantitative estimate of drug-likeness (QED) is 0.404. The molecule has 0 bridgehead atoms. The Bertz CT molecular complexity index is 979. The highest BCUT2D eigenvalue weighted by molar-refractivity contribution is 5.70. The average Bonchev–Trinajstić information content (AvgIpc) is 3.27. The number of imidazole rings is 1. The molecule has 1 saturated heterocycles. The van der Waals surface area contributed by atoms with E-state index in [0.717, 1.165) is 0 Å². The number of nitrogens with one attached hydrogen (secondary N) is 1. The highest BCUT2D eigenvalue weighted by Gasteiger charge is 2.44. The molecule has 12 heteroatoms. The van der Waals surface area contributed by atoms with Gasteiger partial charge >= 0.3 is 0 Å². The lowest BCUT2D eigenvalue weighted by atomic mass is 10.1. The number of ether oxygens (including phenoxy) is 1. The van der Waals surface area contributed by atoms with Crippen LogP contribution in [0, 0.1) is 6.92 Å². The summed E-state index contributed by atoms with van der Waals surface area (Å²) in [5, 5.41) is 37.0. The fourth-order valence-corrected chi connectivity index (χ4v) is 2.77. The molecule has 0 saturated carbocycles. The lowest BCUT2D eigenvalue weighted by Crippen LogP contribution is -2.33. The van der Waals surface area contributed by atoms with Gasteiger partial charge in [-0.25, -0.2) is 4.98 Å². The molecular weight excluding hydrogens is 334 g/mol. The highest BCUT2D eigenvalue weighted by Crippen LogP contribution is 2.30. The van der Waals surface area contributed by atoms with Crippen LogP contribution < -0.4 is 5.56 Å². The van der Waals surface area contributed by atoms with Crippen molar-refractivity contribution in [2.45, 2.75) is 31.5 Å². The number of aromatic nitrogens is 7. The van der Waals surface area contributed by atoms with Crippen LogP contribution in [0.25, 0.3) is 17.1 Å². The molecule has 4 heterocycles. The number of aliphatic hydroxyl groups is 3. The summed E-state index contributed by atoms with van der Waals surface area (Å²) in [6, 6.07) is 0. The van der Waals surface area contributed by atoms with E-state index in [9.17, 15) is 20.1 Å². The number of H-pyrrole nitrogens is 1. The van der Waals surface area contributed by atoms with E-state index in [2.05, 4.69) is 25.3 Å². The molecule has 12 nitrogen and oxygen atoms in total. The van der Waals surface area contributed by atoms with Gasteiger partial charge in [0.2, 0.25) is 5.95 Å². The van der Waals surface area contributed by atoms with Crippen LogP contribution in [0.1, 0.15) is 11.9 Å². The minimum Gasteiger partial charge on any atom is -0.394 e. The summed E-state index contributed by atoms with van der Waals surface area (Å²) in [5.41, 5.74) is 0.318. The molecule has 1 aliphatic rings.